The third-order valence-electron chi connectivity index (χ3n) is 14.8. The van der Waals surface area contributed by atoms with Crippen LogP contribution in [0.1, 0.15) is 316 Å². The number of carbonyl (C=O) groups is 2. The van der Waals surface area contributed by atoms with E-state index in [1.54, 1.807) is 0 Å². The molecule has 0 rings (SSSR count). The molecular formula is C69H128NO8P. The molecule has 0 aromatic rings. The molecule has 2 atom stereocenters. The van der Waals surface area contributed by atoms with Crippen molar-refractivity contribution in [3.05, 3.63) is 60.8 Å². The predicted molar refractivity (Wildman–Crippen MR) is 337 cm³/mol. The number of esters is 2. The summed E-state index contributed by atoms with van der Waals surface area (Å²) in [7, 11) is 1.16. The third-order valence-corrected chi connectivity index (χ3v) is 15.8. The van der Waals surface area contributed by atoms with Crippen LogP contribution in [-0.4, -0.2) is 70.0 Å². The molecule has 462 valence electrons. The van der Waals surface area contributed by atoms with E-state index in [1.165, 1.54) is 205 Å². The van der Waals surface area contributed by atoms with E-state index in [-0.39, 0.29) is 32.0 Å². The lowest BCUT2D eigenvalue weighted by molar-refractivity contribution is -0.870. The number of carbonyl (C=O) groups excluding carboxylic acids is 2. The Morgan fingerprint density at radius 3 is 1.08 bits per heavy atom. The van der Waals surface area contributed by atoms with Crippen LogP contribution in [0, 0.1) is 0 Å². The first-order valence-electron chi connectivity index (χ1n) is 33.5. The summed E-state index contributed by atoms with van der Waals surface area (Å²) in [6.45, 7) is 4.16. The van der Waals surface area contributed by atoms with Crippen LogP contribution in [0.15, 0.2) is 60.8 Å². The van der Waals surface area contributed by atoms with Crippen LogP contribution in [-0.2, 0) is 32.7 Å². The second-order valence-electron chi connectivity index (χ2n) is 23.8. The van der Waals surface area contributed by atoms with Crippen LogP contribution in [0.2, 0.25) is 0 Å². The summed E-state index contributed by atoms with van der Waals surface area (Å²) in [5, 5.41) is 0. The van der Waals surface area contributed by atoms with Gasteiger partial charge in [0.05, 0.1) is 27.7 Å². The van der Waals surface area contributed by atoms with Gasteiger partial charge in [-0.15, -0.1) is 0 Å². The SMILES string of the molecule is CC/C=C\C/C=C\C/C=C\C/C=C\C/C=C\CCCCCCCCCC(=O)OC(COC(=O)CCCCCCCCCCCCCCCCCCCCCCCCCCCCCCCCCC)COP(=O)([O-])OCC[N+](C)(C)C. The highest BCUT2D eigenvalue weighted by molar-refractivity contribution is 7.45. The van der Waals surface area contributed by atoms with E-state index in [0.29, 0.717) is 17.4 Å². The van der Waals surface area contributed by atoms with Crippen molar-refractivity contribution < 1.29 is 42.1 Å². The molecular weight excluding hydrogens is 1000 g/mol. The van der Waals surface area contributed by atoms with Crippen LogP contribution in [0.3, 0.4) is 0 Å². The number of likely N-dealkylation sites (N-methyl/N-ethyl adjacent to an activating group) is 1. The Hall–Kier alpha value is -2.29. The van der Waals surface area contributed by atoms with Crippen molar-refractivity contribution in [2.24, 2.45) is 0 Å². The van der Waals surface area contributed by atoms with Crippen molar-refractivity contribution in [2.45, 2.75) is 322 Å². The smallest absolute Gasteiger partial charge is 0.306 e. The second-order valence-corrected chi connectivity index (χ2v) is 25.2. The van der Waals surface area contributed by atoms with Gasteiger partial charge in [0, 0.05) is 12.8 Å². The Kier molecular flexibility index (Phi) is 58.6. The van der Waals surface area contributed by atoms with Crippen molar-refractivity contribution in [1.82, 2.24) is 0 Å². The lowest BCUT2D eigenvalue weighted by Crippen LogP contribution is -2.37. The van der Waals surface area contributed by atoms with Crippen molar-refractivity contribution >= 4 is 19.8 Å². The van der Waals surface area contributed by atoms with Crippen molar-refractivity contribution in [2.75, 3.05) is 47.5 Å². The van der Waals surface area contributed by atoms with Crippen LogP contribution in [0.5, 0.6) is 0 Å². The zero-order valence-electron chi connectivity index (χ0n) is 52.6. The number of unbranched alkanes of at least 4 members (excludes halogenated alkanes) is 38. The molecule has 0 radical (unpaired) electrons. The molecule has 79 heavy (non-hydrogen) atoms. The van der Waals surface area contributed by atoms with E-state index in [4.69, 9.17) is 18.5 Å². The molecule has 9 nitrogen and oxygen atoms in total. The van der Waals surface area contributed by atoms with Gasteiger partial charge in [0.1, 0.15) is 19.8 Å². The van der Waals surface area contributed by atoms with Crippen molar-refractivity contribution in [1.29, 1.82) is 0 Å². The van der Waals surface area contributed by atoms with E-state index in [0.717, 1.165) is 77.0 Å². The second kappa shape index (κ2) is 60.3. The number of hydrogen-bond donors (Lipinski definition) is 0. The maximum Gasteiger partial charge on any atom is 0.306 e. The van der Waals surface area contributed by atoms with Gasteiger partial charge in [0.25, 0.3) is 7.82 Å². The average molecular weight is 1130 g/mol. The predicted octanol–water partition coefficient (Wildman–Crippen LogP) is 20.8. The van der Waals surface area contributed by atoms with E-state index in [2.05, 4.69) is 74.6 Å². The fourth-order valence-electron chi connectivity index (χ4n) is 9.69. The van der Waals surface area contributed by atoms with Gasteiger partial charge in [-0.05, 0) is 57.8 Å². The molecule has 0 heterocycles. The fourth-order valence-corrected chi connectivity index (χ4v) is 10.4. The Balaban J connectivity index is 4.03. The van der Waals surface area contributed by atoms with Gasteiger partial charge in [0.15, 0.2) is 6.10 Å². The first kappa shape index (κ1) is 76.7. The van der Waals surface area contributed by atoms with Gasteiger partial charge in [-0.1, -0.05) is 306 Å². The summed E-state index contributed by atoms with van der Waals surface area (Å²) in [6, 6.07) is 0. The summed E-state index contributed by atoms with van der Waals surface area (Å²) < 4.78 is 34.3. The Labute approximate surface area is 489 Å². The van der Waals surface area contributed by atoms with E-state index in [9.17, 15) is 19.0 Å². The summed E-state index contributed by atoms with van der Waals surface area (Å²) >= 11 is 0. The van der Waals surface area contributed by atoms with E-state index < -0.39 is 26.5 Å². The summed E-state index contributed by atoms with van der Waals surface area (Å²) in [6.07, 6.45) is 78.7. The minimum atomic E-state index is -4.64. The van der Waals surface area contributed by atoms with Gasteiger partial charge in [-0.3, -0.25) is 14.2 Å². The maximum absolute atomic E-state index is 12.8. The van der Waals surface area contributed by atoms with Crippen molar-refractivity contribution in [3.63, 3.8) is 0 Å². The lowest BCUT2D eigenvalue weighted by atomic mass is 10.0. The molecule has 0 fully saturated rings. The number of quaternary nitrogens is 1. The summed E-state index contributed by atoms with van der Waals surface area (Å²) in [5.74, 6) is -0.835. The fraction of sp³-hybridized carbons (Fsp3) is 0.826. The van der Waals surface area contributed by atoms with Crippen LogP contribution >= 0.6 is 7.82 Å². The molecule has 0 amide bonds. The summed E-state index contributed by atoms with van der Waals surface area (Å²) in [5.41, 5.74) is 0. The molecule has 0 saturated carbocycles. The zero-order chi connectivity index (χ0) is 57.7. The highest BCUT2D eigenvalue weighted by Gasteiger charge is 2.22. The Morgan fingerprint density at radius 1 is 0.405 bits per heavy atom. The molecule has 0 N–H and O–H groups in total. The highest BCUT2D eigenvalue weighted by atomic mass is 31.2. The van der Waals surface area contributed by atoms with E-state index >= 15 is 0 Å². The summed E-state index contributed by atoms with van der Waals surface area (Å²) in [4.78, 5) is 38.0. The normalized spacial score (nSPS) is 13.5. The highest BCUT2D eigenvalue weighted by Crippen LogP contribution is 2.38. The van der Waals surface area contributed by atoms with Gasteiger partial charge in [0.2, 0.25) is 0 Å². The monoisotopic (exact) mass is 1130 g/mol. The molecule has 0 aliphatic rings. The average Bonchev–Trinajstić information content (AvgIpc) is 3.41. The van der Waals surface area contributed by atoms with Crippen LogP contribution in [0.25, 0.3) is 0 Å². The number of phosphoric acid groups is 1. The molecule has 0 spiro atoms. The van der Waals surface area contributed by atoms with Crippen LogP contribution in [0.4, 0.5) is 0 Å². The topological polar surface area (TPSA) is 111 Å². The molecule has 2 unspecified atom stereocenters. The molecule has 0 bridgehead atoms. The van der Waals surface area contributed by atoms with E-state index in [1.807, 2.05) is 21.1 Å². The first-order valence-corrected chi connectivity index (χ1v) is 35.0. The first-order chi connectivity index (χ1) is 38.5. The third kappa shape index (κ3) is 64.7. The number of rotatable bonds is 62. The molecule has 0 aromatic heterocycles. The zero-order valence-corrected chi connectivity index (χ0v) is 53.5. The number of nitrogens with zero attached hydrogens (tertiary/aromatic N) is 1. The quantitative estimate of drug-likeness (QED) is 0.0195. The largest absolute Gasteiger partial charge is 0.756 e. The molecule has 0 saturated heterocycles. The van der Waals surface area contributed by atoms with Crippen LogP contribution < -0.4 is 4.89 Å². The molecule has 0 aliphatic heterocycles. The van der Waals surface area contributed by atoms with Gasteiger partial charge < -0.3 is 27.9 Å². The molecule has 0 aromatic carbocycles. The lowest BCUT2D eigenvalue weighted by Gasteiger charge is -2.28. The minimum Gasteiger partial charge on any atom is -0.756 e. The van der Waals surface area contributed by atoms with Crippen molar-refractivity contribution in [3.8, 4) is 0 Å². The van der Waals surface area contributed by atoms with Gasteiger partial charge in [-0.25, -0.2) is 0 Å². The molecule has 10 heteroatoms. The number of allylic oxidation sites excluding steroid dienone is 10. The number of phosphoric ester groups is 1. The number of ether oxygens (including phenoxy) is 2. The number of hydrogen-bond acceptors (Lipinski definition) is 8. The minimum absolute atomic E-state index is 0.0340. The Morgan fingerprint density at radius 2 is 0.722 bits per heavy atom. The Bertz CT molecular complexity index is 1520. The molecule has 0 aliphatic carbocycles. The standard InChI is InChI=1S/C69H128NO8P/c1-6-8-10-12-14-16-18-20-22-24-26-28-30-31-32-33-34-35-36-37-38-40-41-43-45-47-49-51-53-55-57-59-61-68(71)75-65-67(66-77-79(73,74)76-64-63-70(3,4)5)78-69(72)62-60-58-56-54-52-50-48-46-44-42-39-29-27-25-23-21-19-17-15-13-11-9-7-2/h9,11,15,17,21,23,27,29,42,44,67H,6-8,10,12-14,16,18-20,22,24-26,28,30-41,43,45-66H2,1-5H3/b11-9-,17-15-,23-21-,29-27-,44-42-. The van der Waals surface area contributed by atoms with Gasteiger partial charge in [-0.2, -0.15) is 0 Å². The van der Waals surface area contributed by atoms with Gasteiger partial charge >= 0.3 is 11.9 Å². The maximum atomic E-state index is 12.8.